The number of aryl methyl sites for hydroxylation is 2. The normalized spacial score (nSPS) is 12.6. The molecule has 0 heterocycles. The molecule has 3 amide bonds. The highest BCUT2D eigenvalue weighted by Crippen LogP contribution is 2.31. The smallest absolute Gasteiger partial charge is 0.408 e. The van der Waals surface area contributed by atoms with Crippen LogP contribution in [-0.2, 0) is 20.7 Å². The Bertz CT molecular complexity index is 1710. The number of hydrogen-bond acceptors (Lipinski definition) is 5. The van der Waals surface area contributed by atoms with Crippen molar-refractivity contribution in [2.24, 2.45) is 0 Å². The van der Waals surface area contributed by atoms with Gasteiger partial charge in [-0.25, -0.2) is 4.79 Å². The molecule has 0 aliphatic heterocycles. The van der Waals surface area contributed by atoms with Gasteiger partial charge in [-0.1, -0.05) is 93.3 Å². The molecule has 4 rings (SSSR count). The van der Waals surface area contributed by atoms with Gasteiger partial charge in [0, 0.05) is 18.7 Å². The summed E-state index contributed by atoms with van der Waals surface area (Å²) < 4.78 is 5.59. The van der Waals surface area contributed by atoms with Gasteiger partial charge < -0.3 is 25.4 Å². The summed E-state index contributed by atoms with van der Waals surface area (Å²) in [5, 5.41) is 17.9. The lowest BCUT2D eigenvalue weighted by Gasteiger charge is -2.36. The third-order valence-corrected chi connectivity index (χ3v) is 8.54. The predicted molar refractivity (Wildman–Crippen MR) is 197 cm³/mol. The SMILES string of the molecule is CCCCCCCN(C(=O)C(Cc1ccc(O)cc1)NC(=O)OC(C)(C)C)C(C(=O)Nc1ccc2ccccc2c1)c1c(C)cccc1C. The second-order valence-corrected chi connectivity index (χ2v) is 13.8. The number of fused-ring (bicyclic) bond motifs is 1. The minimum absolute atomic E-state index is 0.0980. The summed E-state index contributed by atoms with van der Waals surface area (Å²) in [5.41, 5.74) is 3.11. The molecule has 260 valence electrons. The van der Waals surface area contributed by atoms with E-state index in [9.17, 15) is 19.5 Å². The summed E-state index contributed by atoms with van der Waals surface area (Å²) in [6.45, 7) is 11.7. The Morgan fingerprint density at radius 2 is 1.47 bits per heavy atom. The Labute approximate surface area is 290 Å². The van der Waals surface area contributed by atoms with E-state index in [1.807, 2.05) is 74.5 Å². The zero-order valence-electron chi connectivity index (χ0n) is 29.7. The molecule has 49 heavy (non-hydrogen) atoms. The van der Waals surface area contributed by atoms with Crippen molar-refractivity contribution in [1.82, 2.24) is 10.2 Å². The number of carbonyl (C=O) groups excluding carboxylic acids is 3. The first-order valence-corrected chi connectivity index (χ1v) is 17.3. The van der Waals surface area contributed by atoms with Crippen molar-refractivity contribution in [3.05, 3.63) is 107 Å². The lowest BCUT2D eigenvalue weighted by molar-refractivity contribution is -0.141. The van der Waals surface area contributed by atoms with E-state index in [2.05, 4.69) is 17.6 Å². The van der Waals surface area contributed by atoms with Gasteiger partial charge in [-0.2, -0.15) is 0 Å². The number of aromatic hydroxyl groups is 1. The van der Waals surface area contributed by atoms with Crippen molar-refractivity contribution in [2.45, 2.75) is 97.8 Å². The van der Waals surface area contributed by atoms with E-state index in [0.29, 0.717) is 18.7 Å². The van der Waals surface area contributed by atoms with Crippen molar-refractivity contribution in [1.29, 1.82) is 0 Å². The summed E-state index contributed by atoms with van der Waals surface area (Å²) in [5.74, 6) is -0.633. The van der Waals surface area contributed by atoms with E-state index in [0.717, 1.165) is 58.7 Å². The quantitative estimate of drug-likeness (QED) is 0.117. The van der Waals surface area contributed by atoms with Gasteiger partial charge in [-0.3, -0.25) is 9.59 Å². The second kappa shape index (κ2) is 17.0. The van der Waals surface area contributed by atoms with Crippen LogP contribution in [0.1, 0.15) is 88.1 Å². The van der Waals surface area contributed by atoms with E-state index in [4.69, 9.17) is 4.74 Å². The maximum absolute atomic E-state index is 14.9. The number of anilines is 1. The fraction of sp³-hybridized carbons (Fsp3) is 0.390. The van der Waals surface area contributed by atoms with Crippen LogP contribution < -0.4 is 10.6 Å². The van der Waals surface area contributed by atoms with Crippen LogP contribution in [0.5, 0.6) is 5.75 Å². The maximum Gasteiger partial charge on any atom is 0.408 e. The minimum atomic E-state index is -1.05. The van der Waals surface area contributed by atoms with Gasteiger partial charge in [0.05, 0.1) is 0 Å². The summed E-state index contributed by atoms with van der Waals surface area (Å²) in [7, 11) is 0. The summed E-state index contributed by atoms with van der Waals surface area (Å²) >= 11 is 0. The molecule has 0 bridgehead atoms. The van der Waals surface area contributed by atoms with Crippen LogP contribution in [0.25, 0.3) is 10.8 Å². The molecule has 4 aromatic carbocycles. The number of alkyl carbamates (subject to hydrolysis) is 1. The first-order chi connectivity index (χ1) is 23.4. The molecule has 0 aliphatic carbocycles. The Kier molecular flexibility index (Phi) is 12.8. The van der Waals surface area contributed by atoms with Crippen LogP contribution in [0, 0.1) is 13.8 Å². The number of benzene rings is 4. The molecule has 2 unspecified atom stereocenters. The number of hydrogen-bond donors (Lipinski definition) is 3. The highest BCUT2D eigenvalue weighted by molar-refractivity contribution is 6.00. The van der Waals surface area contributed by atoms with Crippen LogP contribution in [0.2, 0.25) is 0 Å². The van der Waals surface area contributed by atoms with Crippen LogP contribution in [-0.4, -0.2) is 46.1 Å². The number of phenols is 1. The van der Waals surface area contributed by atoms with Gasteiger partial charge in [0.2, 0.25) is 5.91 Å². The second-order valence-electron chi connectivity index (χ2n) is 13.8. The van der Waals surface area contributed by atoms with Crippen LogP contribution in [0.3, 0.4) is 0 Å². The topological polar surface area (TPSA) is 108 Å². The summed E-state index contributed by atoms with van der Waals surface area (Å²) in [4.78, 5) is 44.4. The Morgan fingerprint density at radius 1 is 0.816 bits per heavy atom. The van der Waals surface area contributed by atoms with Crippen LogP contribution >= 0.6 is 0 Å². The van der Waals surface area contributed by atoms with Gasteiger partial charge >= 0.3 is 6.09 Å². The molecule has 0 spiro atoms. The standard InChI is InChI=1S/C41H51N3O5/c1-7-8-9-10-13-25-44(39(47)35(43-40(48)49-41(4,5)6)26-30-19-23-34(45)24-20-30)37(36-28(2)15-14-16-29(36)3)38(46)42-33-22-21-31-17-11-12-18-32(31)27-33/h11-12,14-24,27,35,37,45H,7-10,13,25-26H2,1-6H3,(H,42,46)(H,43,48). The minimum Gasteiger partial charge on any atom is -0.508 e. The first-order valence-electron chi connectivity index (χ1n) is 17.3. The molecule has 0 saturated heterocycles. The molecule has 0 saturated carbocycles. The van der Waals surface area contributed by atoms with E-state index >= 15 is 0 Å². The molecule has 4 aromatic rings. The lowest BCUT2D eigenvalue weighted by atomic mass is 9.92. The highest BCUT2D eigenvalue weighted by Gasteiger charge is 2.37. The van der Waals surface area contributed by atoms with Gasteiger partial charge in [0.15, 0.2) is 0 Å². The van der Waals surface area contributed by atoms with Crippen LogP contribution in [0.4, 0.5) is 10.5 Å². The monoisotopic (exact) mass is 665 g/mol. The van der Waals surface area contributed by atoms with E-state index in [1.165, 1.54) is 0 Å². The number of ether oxygens (including phenoxy) is 1. The average Bonchev–Trinajstić information content (AvgIpc) is 3.04. The third-order valence-electron chi connectivity index (χ3n) is 8.54. The number of nitrogens with zero attached hydrogens (tertiary/aromatic N) is 1. The molecule has 0 radical (unpaired) electrons. The molecule has 8 nitrogen and oxygen atoms in total. The Morgan fingerprint density at radius 3 is 2.12 bits per heavy atom. The molecule has 8 heteroatoms. The van der Waals surface area contributed by atoms with Gasteiger partial charge in [-0.05, 0) is 98.3 Å². The molecular weight excluding hydrogens is 614 g/mol. The van der Waals surface area contributed by atoms with Gasteiger partial charge in [0.1, 0.15) is 23.4 Å². The van der Waals surface area contributed by atoms with Crippen molar-refractivity contribution in [2.75, 3.05) is 11.9 Å². The van der Waals surface area contributed by atoms with Crippen molar-refractivity contribution >= 4 is 34.4 Å². The summed E-state index contributed by atoms with van der Waals surface area (Å²) in [6, 6.07) is 24.1. The third kappa shape index (κ3) is 10.6. The fourth-order valence-electron chi connectivity index (χ4n) is 6.13. The highest BCUT2D eigenvalue weighted by atomic mass is 16.6. The van der Waals surface area contributed by atoms with E-state index in [-0.39, 0.29) is 18.1 Å². The number of nitrogens with one attached hydrogen (secondary N) is 2. The zero-order chi connectivity index (χ0) is 35.6. The molecule has 0 aromatic heterocycles. The molecule has 0 aliphatic rings. The first kappa shape index (κ1) is 37.0. The molecule has 2 atom stereocenters. The van der Waals surface area contributed by atoms with Gasteiger partial charge in [-0.15, -0.1) is 0 Å². The lowest BCUT2D eigenvalue weighted by Crippen LogP contribution is -2.53. The maximum atomic E-state index is 14.9. The van der Waals surface area contributed by atoms with Gasteiger partial charge in [0.25, 0.3) is 5.91 Å². The van der Waals surface area contributed by atoms with Crippen molar-refractivity contribution in [3.63, 3.8) is 0 Å². The van der Waals surface area contributed by atoms with E-state index < -0.39 is 29.7 Å². The molecule has 3 N–H and O–H groups in total. The number of rotatable bonds is 14. The summed E-state index contributed by atoms with van der Waals surface area (Å²) in [6.07, 6.45) is 4.17. The number of unbranched alkanes of at least 4 members (excludes halogenated alkanes) is 4. The Hall–Kier alpha value is -4.85. The van der Waals surface area contributed by atoms with E-state index in [1.54, 1.807) is 49.9 Å². The number of phenolic OH excluding ortho intramolecular Hbond substituents is 1. The number of carbonyl (C=O) groups is 3. The fourth-order valence-corrected chi connectivity index (χ4v) is 6.13. The molecule has 0 fully saturated rings. The largest absolute Gasteiger partial charge is 0.508 e. The van der Waals surface area contributed by atoms with Crippen molar-refractivity contribution < 1.29 is 24.2 Å². The zero-order valence-corrected chi connectivity index (χ0v) is 29.7. The predicted octanol–water partition coefficient (Wildman–Crippen LogP) is 8.78. The van der Waals surface area contributed by atoms with Crippen LogP contribution in [0.15, 0.2) is 84.9 Å². The molecular formula is C41H51N3O5. The average molecular weight is 666 g/mol. The van der Waals surface area contributed by atoms with Crippen molar-refractivity contribution in [3.8, 4) is 5.75 Å². The Balaban J connectivity index is 1.79. The number of amides is 3.